The Balaban J connectivity index is 0. The first-order chi connectivity index (χ1) is 9.16. The molecule has 7 heteroatoms. The van der Waals surface area contributed by atoms with Crippen molar-refractivity contribution in [1.82, 2.24) is 0 Å². The summed E-state index contributed by atoms with van der Waals surface area (Å²) in [6.45, 7) is 8.59. The molecule has 1 aromatic carbocycles. The molecule has 0 bridgehead atoms. The van der Waals surface area contributed by atoms with Gasteiger partial charge in [0.25, 0.3) is 5.69 Å². The van der Waals surface area contributed by atoms with Crippen LogP contribution in [0.5, 0.6) is 0 Å². The fourth-order valence-electron chi connectivity index (χ4n) is 1.07. The minimum Gasteiger partial charge on any atom is -0.376 e. The minimum atomic E-state index is -4.83. The van der Waals surface area contributed by atoms with Crippen molar-refractivity contribution in [3.05, 3.63) is 39.9 Å². The molecule has 0 saturated carbocycles. The van der Waals surface area contributed by atoms with Gasteiger partial charge in [-0.05, 0) is 24.6 Å². The Morgan fingerprint density at radius 1 is 1.05 bits per heavy atom. The molecule has 0 aliphatic heterocycles. The SMILES string of the molecule is CC.CC.CC(O)(c1ccc([N+](=O)[O-])cc1)C(F)(F)F. The maximum Gasteiger partial charge on any atom is 0.421 e. The van der Waals surface area contributed by atoms with Gasteiger partial charge in [0, 0.05) is 12.1 Å². The van der Waals surface area contributed by atoms with E-state index in [4.69, 9.17) is 0 Å². The van der Waals surface area contributed by atoms with Crippen LogP contribution in [0.1, 0.15) is 40.2 Å². The van der Waals surface area contributed by atoms with Crippen LogP contribution in [0.3, 0.4) is 0 Å². The molecule has 0 fully saturated rings. The van der Waals surface area contributed by atoms with Gasteiger partial charge in [-0.3, -0.25) is 10.1 Å². The highest BCUT2D eigenvalue weighted by Gasteiger charge is 2.51. The van der Waals surface area contributed by atoms with Crippen LogP contribution in [0, 0.1) is 10.1 Å². The molecule has 1 aromatic rings. The number of hydrogen-bond donors (Lipinski definition) is 1. The Bertz CT molecular complexity index is 400. The summed E-state index contributed by atoms with van der Waals surface area (Å²) < 4.78 is 37.2. The summed E-state index contributed by atoms with van der Waals surface area (Å²) in [7, 11) is 0. The maximum atomic E-state index is 12.4. The van der Waals surface area contributed by atoms with Crippen LogP contribution in [-0.2, 0) is 5.60 Å². The van der Waals surface area contributed by atoms with Crippen LogP contribution in [0.4, 0.5) is 18.9 Å². The van der Waals surface area contributed by atoms with Crippen molar-refractivity contribution in [3.8, 4) is 0 Å². The van der Waals surface area contributed by atoms with E-state index < -0.39 is 22.3 Å². The molecule has 4 nitrogen and oxygen atoms in total. The number of hydrogen-bond acceptors (Lipinski definition) is 3. The number of non-ortho nitro benzene ring substituents is 1. The monoisotopic (exact) mass is 295 g/mol. The topological polar surface area (TPSA) is 63.4 Å². The second-order valence-corrected chi connectivity index (χ2v) is 3.37. The number of aliphatic hydroxyl groups is 1. The number of rotatable bonds is 2. The van der Waals surface area contributed by atoms with Crippen LogP contribution < -0.4 is 0 Å². The smallest absolute Gasteiger partial charge is 0.376 e. The average Bonchev–Trinajstić information content (AvgIpc) is 2.42. The standard InChI is InChI=1S/C9H8F3NO3.2C2H6/c1-8(14,9(10,11)12)6-2-4-7(5-3-6)13(15)16;2*1-2/h2-5,14H,1H3;2*1-2H3. The van der Waals surface area contributed by atoms with Crippen LogP contribution >= 0.6 is 0 Å². The lowest BCUT2D eigenvalue weighted by Gasteiger charge is -2.26. The average molecular weight is 295 g/mol. The third-order valence-electron chi connectivity index (χ3n) is 2.19. The van der Waals surface area contributed by atoms with E-state index in [0.717, 1.165) is 24.3 Å². The molecule has 0 heterocycles. The van der Waals surface area contributed by atoms with Gasteiger partial charge in [-0.15, -0.1) is 0 Å². The Hall–Kier alpha value is -1.63. The van der Waals surface area contributed by atoms with Gasteiger partial charge >= 0.3 is 6.18 Å². The molecule has 0 aliphatic rings. The van der Waals surface area contributed by atoms with E-state index in [0.29, 0.717) is 6.92 Å². The van der Waals surface area contributed by atoms with E-state index in [9.17, 15) is 28.4 Å². The van der Waals surface area contributed by atoms with E-state index >= 15 is 0 Å². The van der Waals surface area contributed by atoms with Crippen molar-refractivity contribution in [3.63, 3.8) is 0 Å². The summed E-state index contributed by atoms with van der Waals surface area (Å²) in [6, 6.07) is 3.59. The number of nitro groups is 1. The van der Waals surface area contributed by atoms with Crippen molar-refractivity contribution in [2.24, 2.45) is 0 Å². The summed E-state index contributed by atoms with van der Waals surface area (Å²) >= 11 is 0. The fraction of sp³-hybridized carbons (Fsp3) is 0.538. The van der Waals surface area contributed by atoms with Gasteiger partial charge < -0.3 is 5.11 Å². The first-order valence-electron chi connectivity index (χ1n) is 6.20. The molecule has 1 rings (SSSR count). The predicted molar refractivity (Wildman–Crippen MR) is 71.4 cm³/mol. The lowest BCUT2D eigenvalue weighted by atomic mass is 9.95. The lowest BCUT2D eigenvalue weighted by molar-refractivity contribution is -0.384. The molecule has 0 aromatic heterocycles. The zero-order valence-electron chi connectivity index (χ0n) is 12.2. The maximum absolute atomic E-state index is 12.4. The molecular formula is C13H20F3NO3. The Morgan fingerprint density at radius 2 is 1.40 bits per heavy atom. The molecule has 116 valence electrons. The van der Waals surface area contributed by atoms with Crippen LogP contribution in [0.25, 0.3) is 0 Å². The van der Waals surface area contributed by atoms with Crippen LogP contribution in [-0.4, -0.2) is 16.2 Å². The van der Waals surface area contributed by atoms with Crippen molar-refractivity contribution < 1.29 is 23.2 Å². The molecule has 0 saturated heterocycles. The van der Waals surface area contributed by atoms with Gasteiger partial charge in [0.1, 0.15) is 0 Å². The molecule has 0 radical (unpaired) electrons. The predicted octanol–water partition coefficient (Wildman–Crippen LogP) is 4.42. The van der Waals surface area contributed by atoms with Crippen molar-refractivity contribution >= 4 is 5.69 Å². The number of nitro benzene ring substituents is 1. The summed E-state index contributed by atoms with van der Waals surface area (Å²) in [5, 5.41) is 19.5. The first-order valence-corrected chi connectivity index (χ1v) is 6.20. The van der Waals surface area contributed by atoms with Gasteiger partial charge in [-0.25, -0.2) is 0 Å². The third-order valence-corrected chi connectivity index (χ3v) is 2.19. The minimum absolute atomic E-state index is 0.332. The van der Waals surface area contributed by atoms with E-state index in [1.807, 2.05) is 27.7 Å². The van der Waals surface area contributed by atoms with Crippen LogP contribution in [0.15, 0.2) is 24.3 Å². The molecule has 0 amide bonds. The van der Waals surface area contributed by atoms with E-state index in [2.05, 4.69) is 0 Å². The summed E-state index contributed by atoms with van der Waals surface area (Å²) in [4.78, 5) is 9.55. The Labute approximate surface area is 116 Å². The van der Waals surface area contributed by atoms with Gasteiger partial charge in [-0.2, -0.15) is 13.2 Å². The molecular weight excluding hydrogens is 275 g/mol. The van der Waals surface area contributed by atoms with Gasteiger partial charge in [0.05, 0.1) is 4.92 Å². The van der Waals surface area contributed by atoms with E-state index in [-0.39, 0.29) is 5.69 Å². The van der Waals surface area contributed by atoms with Crippen molar-refractivity contribution in [2.75, 3.05) is 0 Å². The highest BCUT2D eigenvalue weighted by Crippen LogP contribution is 2.38. The van der Waals surface area contributed by atoms with Crippen molar-refractivity contribution in [2.45, 2.75) is 46.4 Å². The molecule has 20 heavy (non-hydrogen) atoms. The third kappa shape index (κ3) is 5.16. The summed E-state index contributed by atoms with van der Waals surface area (Å²) in [5.41, 5.74) is -3.78. The highest BCUT2D eigenvalue weighted by atomic mass is 19.4. The Morgan fingerprint density at radius 3 is 1.65 bits per heavy atom. The zero-order chi connectivity index (χ0) is 16.6. The largest absolute Gasteiger partial charge is 0.421 e. The molecule has 0 aliphatic carbocycles. The summed E-state index contributed by atoms with van der Waals surface area (Å²) in [5.74, 6) is 0. The molecule has 1 atom stereocenters. The number of halogens is 3. The van der Waals surface area contributed by atoms with Crippen LogP contribution in [0.2, 0.25) is 0 Å². The molecule has 1 N–H and O–H groups in total. The van der Waals surface area contributed by atoms with Gasteiger partial charge in [0.15, 0.2) is 5.60 Å². The van der Waals surface area contributed by atoms with Gasteiger partial charge in [0.2, 0.25) is 0 Å². The van der Waals surface area contributed by atoms with E-state index in [1.165, 1.54) is 0 Å². The number of nitrogens with zero attached hydrogens (tertiary/aromatic N) is 1. The van der Waals surface area contributed by atoms with E-state index in [1.54, 1.807) is 0 Å². The number of alkyl halides is 3. The lowest BCUT2D eigenvalue weighted by Crippen LogP contribution is -2.39. The van der Waals surface area contributed by atoms with Gasteiger partial charge in [-0.1, -0.05) is 27.7 Å². The Kier molecular flexibility index (Phi) is 8.81. The second-order valence-electron chi connectivity index (χ2n) is 3.37. The molecule has 0 spiro atoms. The fourth-order valence-corrected chi connectivity index (χ4v) is 1.07. The highest BCUT2D eigenvalue weighted by molar-refractivity contribution is 5.35. The normalized spacial score (nSPS) is 13.1. The quantitative estimate of drug-likeness (QED) is 0.649. The van der Waals surface area contributed by atoms with Crippen molar-refractivity contribution in [1.29, 1.82) is 0 Å². The zero-order valence-corrected chi connectivity index (χ0v) is 12.2. The number of benzene rings is 1. The molecule has 1 unspecified atom stereocenters. The first kappa shape index (κ1) is 20.7. The second kappa shape index (κ2) is 8.52. The summed E-state index contributed by atoms with van der Waals surface area (Å²) in [6.07, 6.45) is -4.83.